The molecule has 0 saturated carbocycles. The van der Waals surface area contributed by atoms with Crippen LogP contribution in [0.3, 0.4) is 0 Å². The standard InChI is InChI=1S/C14H16ClN3O2/c1-17-12-5-3-2-4-11(12)13(16-17)14(19)18-6-7-20-10(8-15)9-18/h2-5,10H,6-9H2,1H3. The normalized spacial score (nSPS) is 19.5. The van der Waals surface area contributed by atoms with Crippen LogP contribution in [0.25, 0.3) is 10.9 Å². The average molecular weight is 294 g/mol. The number of fused-ring (bicyclic) bond motifs is 1. The van der Waals surface area contributed by atoms with Gasteiger partial charge in [-0.15, -0.1) is 11.6 Å². The third-order valence-electron chi connectivity index (χ3n) is 3.56. The molecule has 1 aliphatic heterocycles. The van der Waals surface area contributed by atoms with Crippen LogP contribution < -0.4 is 0 Å². The van der Waals surface area contributed by atoms with E-state index in [9.17, 15) is 4.79 Å². The molecule has 3 rings (SSSR count). The summed E-state index contributed by atoms with van der Waals surface area (Å²) in [6.07, 6.45) is -0.0932. The first-order valence-corrected chi connectivity index (χ1v) is 7.12. The van der Waals surface area contributed by atoms with Gasteiger partial charge in [0.15, 0.2) is 5.69 Å². The highest BCUT2D eigenvalue weighted by Crippen LogP contribution is 2.20. The van der Waals surface area contributed by atoms with Crippen LogP contribution in [0.1, 0.15) is 10.5 Å². The van der Waals surface area contributed by atoms with Crippen LogP contribution in [0.15, 0.2) is 24.3 Å². The van der Waals surface area contributed by atoms with Crippen molar-refractivity contribution in [2.75, 3.05) is 25.6 Å². The first-order chi connectivity index (χ1) is 9.70. The van der Waals surface area contributed by atoms with E-state index in [0.717, 1.165) is 10.9 Å². The quantitative estimate of drug-likeness (QED) is 0.791. The second kappa shape index (κ2) is 5.42. The summed E-state index contributed by atoms with van der Waals surface area (Å²) in [6, 6.07) is 7.74. The summed E-state index contributed by atoms with van der Waals surface area (Å²) in [5.74, 6) is 0.340. The molecule has 6 heteroatoms. The Balaban J connectivity index is 1.92. The fourth-order valence-electron chi connectivity index (χ4n) is 2.52. The van der Waals surface area contributed by atoms with Gasteiger partial charge in [0, 0.05) is 25.5 Å². The first kappa shape index (κ1) is 13.4. The number of rotatable bonds is 2. The van der Waals surface area contributed by atoms with Gasteiger partial charge >= 0.3 is 0 Å². The maximum atomic E-state index is 12.6. The molecule has 0 radical (unpaired) electrons. The number of aryl methyl sites for hydroxylation is 1. The van der Waals surface area contributed by atoms with Gasteiger partial charge < -0.3 is 9.64 Å². The van der Waals surface area contributed by atoms with E-state index < -0.39 is 0 Å². The van der Waals surface area contributed by atoms with Gasteiger partial charge in [0.05, 0.1) is 24.1 Å². The number of ether oxygens (including phenoxy) is 1. The van der Waals surface area contributed by atoms with E-state index in [1.54, 1.807) is 9.58 Å². The summed E-state index contributed by atoms with van der Waals surface area (Å²) in [4.78, 5) is 14.4. The smallest absolute Gasteiger partial charge is 0.275 e. The molecule has 0 bridgehead atoms. The fraction of sp³-hybridized carbons (Fsp3) is 0.429. The SMILES string of the molecule is Cn1nc(C(=O)N2CCOC(CCl)C2)c2ccccc21. The van der Waals surface area contributed by atoms with Crippen molar-refractivity contribution in [3.05, 3.63) is 30.0 Å². The maximum absolute atomic E-state index is 12.6. The zero-order chi connectivity index (χ0) is 14.1. The lowest BCUT2D eigenvalue weighted by Gasteiger charge is -2.31. The third-order valence-corrected chi connectivity index (χ3v) is 3.90. The summed E-state index contributed by atoms with van der Waals surface area (Å²) >= 11 is 5.81. The lowest BCUT2D eigenvalue weighted by molar-refractivity contribution is -0.0109. The molecule has 1 atom stereocenters. The van der Waals surface area contributed by atoms with Crippen LogP contribution in [0.4, 0.5) is 0 Å². The lowest BCUT2D eigenvalue weighted by atomic mass is 10.2. The number of hydrogen-bond donors (Lipinski definition) is 0. The van der Waals surface area contributed by atoms with E-state index in [4.69, 9.17) is 16.3 Å². The summed E-state index contributed by atoms with van der Waals surface area (Å²) < 4.78 is 7.22. The summed E-state index contributed by atoms with van der Waals surface area (Å²) in [5.41, 5.74) is 1.45. The molecular weight excluding hydrogens is 278 g/mol. The topological polar surface area (TPSA) is 47.4 Å². The largest absolute Gasteiger partial charge is 0.373 e. The highest BCUT2D eigenvalue weighted by atomic mass is 35.5. The molecule has 0 N–H and O–H groups in total. The molecule has 1 aliphatic rings. The van der Waals surface area contributed by atoms with Gasteiger partial charge in [-0.1, -0.05) is 18.2 Å². The zero-order valence-corrected chi connectivity index (χ0v) is 12.0. The minimum absolute atomic E-state index is 0.0554. The second-order valence-electron chi connectivity index (χ2n) is 4.89. The molecule has 20 heavy (non-hydrogen) atoms. The number of halogens is 1. The number of alkyl halides is 1. The van der Waals surface area contributed by atoms with Crippen molar-refractivity contribution < 1.29 is 9.53 Å². The number of hydrogen-bond acceptors (Lipinski definition) is 3. The highest BCUT2D eigenvalue weighted by molar-refractivity contribution is 6.18. The monoisotopic (exact) mass is 293 g/mol. The number of carbonyl (C=O) groups excluding carboxylic acids is 1. The Bertz CT molecular complexity index is 640. The van der Waals surface area contributed by atoms with Crippen molar-refractivity contribution in [2.45, 2.75) is 6.10 Å². The molecule has 5 nitrogen and oxygen atoms in total. The second-order valence-corrected chi connectivity index (χ2v) is 5.20. The van der Waals surface area contributed by atoms with Gasteiger partial charge in [-0.25, -0.2) is 0 Å². The molecular formula is C14H16ClN3O2. The predicted molar refractivity (Wildman–Crippen MR) is 77.1 cm³/mol. The van der Waals surface area contributed by atoms with Crippen LogP contribution in [0, 0.1) is 0 Å². The number of aromatic nitrogens is 2. The molecule has 1 aromatic carbocycles. The van der Waals surface area contributed by atoms with Crippen LogP contribution in [-0.4, -0.2) is 52.3 Å². The van der Waals surface area contributed by atoms with E-state index in [0.29, 0.717) is 31.3 Å². The minimum atomic E-state index is -0.0932. The van der Waals surface area contributed by atoms with Gasteiger partial charge in [0.2, 0.25) is 0 Å². The number of morpholine rings is 1. The first-order valence-electron chi connectivity index (χ1n) is 6.59. The summed E-state index contributed by atoms with van der Waals surface area (Å²) in [6.45, 7) is 1.62. The molecule has 1 fully saturated rings. The molecule has 2 aromatic rings. The molecule has 1 aromatic heterocycles. The van der Waals surface area contributed by atoms with E-state index in [2.05, 4.69) is 5.10 Å². The summed E-state index contributed by atoms with van der Waals surface area (Å²) in [5, 5.41) is 5.25. The number of benzene rings is 1. The van der Waals surface area contributed by atoms with Crippen molar-refractivity contribution in [1.29, 1.82) is 0 Å². The highest BCUT2D eigenvalue weighted by Gasteiger charge is 2.27. The fourth-order valence-corrected chi connectivity index (χ4v) is 2.71. The Labute approximate surface area is 122 Å². The van der Waals surface area contributed by atoms with Crippen LogP contribution >= 0.6 is 11.6 Å². The van der Waals surface area contributed by atoms with Crippen LogP contribution in [-0.2, 0) is 11.8 Å². The lowest BCUT2D eigenvalue weighted by Crippen LogP contribution is -2.46. The van der Waals surface area contributed by atoms with Crippen LogP contribution in [0.2, 0.25) is 0 Å². The Morgan fingerprint density at radius 1 is 1.50 bits per heavy atom. The van der Waals surface area contributed by atoms with Crippen molar-refractivity contribution in [2.24, 2.45) is 7.05 Å². The van der Waals surface area contributed by atoms with Crippen LogP contribution in [0.5, 0.6) is 0 Å². The van der Waals surface area contributed by atoms with Gasteiger partial charge in [-0.2, -0.15) is 5.10 Å². The molecule has 1 unspecified atom stereocenters. The Kier molecular flexibility index (Phi) is 3.63. The molecule has 0 spiro atoms. The molecule has 2 heterocycles. The molecule has 0 aliphatic carbocycles. The van der Waals surface area contributed by atoms with Crippen molar-refractivity contribution in [3.63, 3.8) is 0 Å². The van der Waals surface area contributed by atoms with E-state index >= 15 is 0 Å². The number of amides is 1. The Morgan fingerprint density at radius 2 is 2.30 bits per heavy atom. The zero-order valence-electron chi connectivity index (χ0n) is 11.3. The maximum Gasteiger partial charge on any atom is 0.275 e. The molecule has 106 valence electrons. The van der Waals surface area contributed by atoms with Gasteiger partial charge in [0.1, 0.15) is 0 Å². The van der Waals surface area contributed by atoms with Crippen molar-refractivity contribution >= 4 is 28.4 Å². The third kappa shape index (κ3) is 2.27. The molecule has 1 amide bonds. The van der Waals surface area contributed by atoms with E-state index in [1.807, 2.05) is 31.3 Å². The van der Waals surface area contributed by atoms with Gasteiger partial charge in [-0.3, -0.25) is 9.48 Å². The number of nitrogens with zero attached hydrogens (tertiary/aromatic N) is 3. The predicted octanol–water partition coefficient (Wildman–Crippen LogP) is 1.65. The van der Waals surface area contributed by atoms with Crippen molar-refractivity contribution in [1.82, 2.24) is 14.7 Å². The van der Waals surface area contributed by atoms with E-state index in [1.165, 1.54) is 0 Å². The number of para-hydroxylation sites is 1. The number of carbonyl (C=O) groups is 1. The Morgan fingerprint density at radius 3 is 3.10 bits per heavy atom. The minimum Gasteiger partial charge on any atom is -0.373 e. The average Bonchev–Trinajstić information content (AvgIpc) is 2.84. The Hall–Kier alpha value is -1.59. The summed E-state index contributed by atoms with van der Waals surface area (Å²) in [7, 11) is 1.85. The van der Waals surface area contributed by atoms with Gasteiger partial charge in [0.25, 0.3) is 5.91 Å². The molecule has 1 saturated heterocycles. The van der Waals surface area contributed by atoms with E-state index in [-0.39, 0.29) is 12.0 Å². The van der Waals surface area contributed by atoms with Gasteiger partial charge in [-0.05, 0) is 6.07 Å². The van der Waals surface area contributed by atoms with Crippen molar-refractivity contribution in [3.8, 4) is 0 Å².